The van der Waals surface area contributed by atoms with Gasteiger partial charge in [-0.3, -0.25) is 14.4 Å². The van der Waals surface area contributed by atoms with Crippen molar-refractivity contribution in [3.05, 3.63) is 17.7 Å². The second kappa shape index (κ2) is 11.9. The third kappa shape index (κ3) is 5.74. The molecule has 2 aliphatic rings. The molecule has 1 heterocycles. The lowest BCUT2D eigenvalue weighted by molar-refractivity contribution is -0.144. The Hall–Kier alpha value is -2.97. The van der Waals surface area contributed by atoms with Crippen molar-refractivity contribution in [1.29, 1.82) is 0 Å². The molecule has 1 aliphatic carbocycles. The quantitative estimate of drug-likeness (QED) is 0.566. The minimum absolute atomic E-state index is 0.0694. The summed E-state index contributed by atoms with van der Waals surface area (Å²) in [6, 6.07) is 3.09. The molecule has 34 heavy (non-hydrogen) atoms. The van der Waals surface area contributed by atoms with Gasteiger partial charge in [0.15, 0.2) is 11.5 Å². The molecule has 1 saturated carbocycles. The zero-order valence-corrected chi connectivity index (χ0v) is 20.4. The van der Waals surface area contributed by atoms with Gasteiger partial charge < -0.3 is 30.2 Å². The maximum absolute atomic E-state index is 14.1. The highest BCUT2D eigenvalue weighted by molar-refractivity contribution is 5.92. The number of rotatable bonds is 9. The number of hydrogen-bond donors (Lipinski definition) is 2. The van der Waals surface area contributed by atoms with Gasteiger partial charge in [0, 0.05) is 6.54 Å². The Kier molecular flexibility index (Phi) is 9.01. The third-order valence-corrected chi connectivity index (χ3v) is 6.96. The Labute approximate surface area is 201 Å². The van der Waals surface area contributed by atoms with Crippen LogP contribution >= 0.6 is 0 Å². The van der Waals surface area contributed by atoms with Gasteiger partial charge in [-0.2, -0.15) is 0 Å². The lowest BCUT2D eigenvalue weighted by Gasteiger charge is -2.39. The highest BCUT2D eigenvalue weighted by atomic mass is 16.5. The van der Waals surface area contributed by atoms with E-state index in [2.05, 4.69) is 5.32 Å². The fourth-order valence-corrected chi connectivity index (χ4v) is 5.30. The van der Waals surface area contributed by atoms with E-state index < -0.39 is 17.9 Å². The predicted octanol–water partition coefficient (Wildman–Crippen LogP) is 2.36. The van der Waals surface area contributed by atoms with Crippen LogP contribution in [-0.4, -0.2) is 63.1 Å². The second-order valence-electron chi connectivity index (χ2n) is 9.06. The zero-order chi connectivity index (χ0) is 24.7. The molecule has 3 amide bonds. The van der Waals surface area contributed by atoms with E-state index in [-0.39, 0.29) is 24.3 Å². The monoisotopic (exact) mass is 475 g/mol. The fraction of sp³-hybridized carbons (Fsp3) is 0.640. The van der Waals surface area contributed by atoms with Crippen molar-refractivity contribution >= 4 is 17.7 Å². The first kappa shape index (κ1) is 25.6. The number of nitrogens with zero attached hydrogens (tertiary/aromatic N) is 1. The molecule has 9 heteroatoms. The van der Waals surface area contributed by atoms with E-state index in [1.807, 2.05) is 12.1 Å². The molecule has 1 saturated heterocycles. The number of carbonyl (C=O) groups is 3. The number of nitrogens with two attached hydrogens (primary N) is 1. The number of hydrogen-bond acceptors (Lipinski definition) is 6. The van der Waals surface area contributed by atoms with Gasteiger partial charge in [0.05, 0.1) is 33.8 Å². The van der Waals surface area contributed by atoms with Crippen molar-refractivity contribution in [2.24, 2.45) is 11.7 Å². The van der Waals surface area contributed by atoms with E-state index in [1.54, 1.807) is 26.2 Å². The van der Waals surface area contributed by atoms with Gasteiger partial charge in [0.25, 0.3) is 0 Å². The molecule has 1 aliphatic heterocycles. The largest absolute Gasteiger partial charge is 0.493 e. The van der Waals surface area contributed by atoms with E-state index >= 15 is 0 Å². The summed E-state index contributed by atoms with van der Waals surface area (Å²) in [5.41, 5.74) is 6.00. The number of methoxy groups -OCH3 is 3. The van der Waals surface area contributed by atoms with E-state index in [0.717, 1.165) is 50.5 Å². The van der Waals surface area contributed by atoms with Crippen molar-refractivity contribution in [1.82, 2.24) is 10.2 Å². The smallest absolute Gasteiger partial charge is 0.243 e. The molecular formula is C25H37N3O6. The van der Waals surface area contributed by atoms with Crippen molar-refractivity contribution < 1.29 is 28.6 Å². The van der Waals surface area contributed by atoms with E-state index in [4.69, 9.17) is 19.9 Å². The summed E-state index contributed by atoms with van der Waals surface area (Å²) < 4.78 is 16.6. The molecule has 2 atom stereocenters. The Balaban J connectivity index is 1.99. The zero-order valence-electron chi connectivity index (χ0n) is 20.4. The van der Waals surface area contributed by atoms with Gasteiger partial charge in [-0.05, 0) is 55.7 Å². The fourth-order valence-electron chi connectivity index (χ4n) is 5.30. The topological polar surface area (TPSA) is 120 Å². The van der Waals surface area contributed by atoms with Crippen LogP contribution in [-0.2, 0) is 14.4 Å². The van der Waals surface area contributed by atoms with Crippen LogP contribution in [0, 0.1) is 5.92 Å². The Morgan fingerprint density at radius 3 is 2.15 bits per heavy atom. The van der Waals surface area contributed by atoms with Gasteiger partial charge in [-0.25, -0.2) is 0 Å². The van der Waals surface area contributed by atoms with Crippen molar-refractivity contribution in [3.8, 4) is 17.2 Å². The Morgan fingerprint density at radius 2 is 1.59 bits per heavy atom. The van der Waals surface area contributed by atoms with Crippen LogP contribution in [0.3, 0.4) is 0 Å². The summed E-state index contributed by atoms with van der Waals surface area (Å²) in [5, 5.41) is 2.58. The summed E-state index contributed by atoms with van der Waals surface area (Å²) in [6.07, 6.45) is 7.42. The summed E-state index contributed by atoms with van der Waals surface area (Å²) in [6.45, 7) is 0.261. The maximum atomic E-state index is 14.1. The van der Waals surface area contributed by atoms with E-state index in [0.29, 0.717) is 30.2 Å². The van der Waals surface area contributed by atoms with Gasteiger partial charge in [-0.1, -0.05) is 19.3 Å². The van der Waals surface area contributed by atoms with Crippen LogP contribution in [0.4, 0.5) is 0 Å². The van der Waals surface area contributed by atoms with E-state index in [9.17, 15) is 14.4 Å². The first-order valence-electron chi connectivity index (χ1n) is 12.1. The van der Waals surface area contributed by atoms with Gasteiger partial charge >= 0.3 is 0 Å². The predicted molar refractivity (Wildman–Crippen MR) is 127 cm³/mol. The molecule has 3 N–H and O–H groups in total. The molecule has 9 nitrogen and oxygen atoms in total. The SMILES string of the molecule is COc1cc([C@@H](C(=O)N2CCCCC2C(=O)NCC(N)=O)C2CCCCC2)cc(OC)c1OC. The minimum atomic E-state index is -0.617. The lowest BCUT2D eigenvalue weighted by Crippen LogP contribution is -2.54. The van der Waals surface area contributed by atoms with Crippen LogP contribution < -0.4 is 25.3 Å². The Morgan fingerprint density at radius 1 is 0.971 bits per heavy atom. The Bertz CT molecular complexity index is 858. The summed E-state index contributed by atoms with van der Waals surface area (Å²) in [7, 11) is 4.66. The first-order chi connectivity index (χ1) is 16.4. The number of carbonyl (C=O) groups excluding carboxylic acids is 3. The number of amides is 3. The standard InChI is InChI=1S/C25H37N3O6/c1-32-19-13-17(14-20(33-2)23(19)34-3)22(16-9-5-4-6-10-16)25(31)28-12-8-7-11-18(28)24(30)27-15-21(26)29/h13-14,16,18,22H,4-12,15H2,1-3H3,(H2,26,29)(H,27,30)/t18?,22-/m0/s1. The van der Waals surface area contributed by atoms with Crippen LogP contribution in [0.2, 0.25) is 0 Å². The molecule has 0 spiro atoms. The molecule has 3 rings (SSSR count). The number of piperidine rings is 1. The molecule has 2 fully saturated rings. The molecule has 1 unspecified atom stereocenters. The maximum Gasteiger partial charge on any atom is 0.243 e. The lowest BCUT2D eigenvalue weighted by atomic mass is 9.75. The average molecular weight is 476 g/mol. The number of primary amides is 1. The first-order valence-corrected chi connectivity index (χ1v) is 12.1. The molecular weight excluding hydrogens is 438 g/mol. The molecule has 0 aromatic heterocycles. The summed E-state index contributed by atoms with van der Waals surface area (Å²) >= 11 is 0. The number of likely N-dealkylation sites (tertiary alicyclic amines) is 1. The molecule has 1 aromatic carbocycles. The van der Waals surface area contributed by atoms with Gasteiger partial charge in [0.2, 0.25) is 23.5 Å². The van der Waals surface area contributed by atoms with Crippen molar-refractivity contribution in [2.75, 3.05) is 34.4 Å². The van der Waals surface area contributed by atoms with Crippen LogP contribution in [0.25, 0.3) is 0 Å². The van der Waals surface area contributed by atoms with Crippen molar-refractivity contribution in [2.45, 2.75) is 63.3 Å². The number of benzene rings is 1. The second-order valence-corrected chi connectivity index (χ2v) is 9.06. The highest BCUT2D eigenvalue weighted by Gasteiger charge is 2.40. The molecule has 1 aromatic rings. The number of nitrogens with one attached hydrogen (secondary N) is 1. The van der Waals surface area contributed by atoms with Crippen LogP contribution in [0.5, 0.6) is 17.2 Å². The minimum Gasteiger partial charge on any atom is -0.493 e. The molecule has 0 bridgehead atoms. The third-order valence-electron chi connectivity index (χ3n) is 6.96. The summed E-state index contributed by atoms with van der Waals surface area (Å²) in [5.74, 6) is 0.183. The van der Waals surface area contributed by atoms with Gasteiger partial charge in [-0.15, -0.1) is 0 Å². The molecule has 0 radical (unpaired) electrons. The normalized spacial score (nSPS) is 19.7. The van der Waals surface area contributed by atoms with Crippen LogP contribution in [0.15, 0.2) is 12.1 Å². The summed E-state index contributed by atoms with van der Waals surface area (Å²) in [4.78, 5) is 39.9. The number of ether oxygens (including phenoxy) is 3. The highest BCUT2D eigenvalue weighted by Crippen LogP contribution is 2.45. The van der Waals surface area contributed by atoms with Gasteiger partial charge in [0.1, 0.15) is 6.04 Å². The molecule has 188 valence electrons. The average Bonchev–Trinajstić information content (AvgIpc) is 2.87. The van der Waals surface area contributed by atoms with Crippen LogP contribution in [0.1, 0.15) is 62.8 Å². The van der Waals surface area contributed by atoms with E-state index in [1.165, 1.54) is 0 Å². The van der Waals surface area contributed by atoms with Crippen molar-refractivity contribution in [3.63, 3.8) is 0 Å².